The van der Waals surface area contributed by atoms with Gasteiger partial charge in [0.25, 0.3) is 0 Å². The molecule has 5 heteroatoms. The molecule has 5 nitrogen and oxygen atoms in total. The predicted octanol–water partition coefficient (Wildman–Crippen LogP) is 1.33. The molecule has 0 bridgehead atoms. The lowest BCUT2D eigenvalue weighted by molar-refractivity contribution is -0.124. The van der Waals surface area contributed by atoms with Gasteiger partial charge in [0.15, 0.2) is 0 Å². The SMILES string of the molecule is CCCNC(=O)CCNC(=O)C1CCC2CCCCC2N1. The van der Waals surface area contributed by atoms with E-state index in [4.69, 9.17) is 0 Å². The highest BCUT2D eigenvalue weighted by Crippen LogP contribution is 2.32. The average Bonchev–Trinajstić information content (AvgIpc) is 2.52. The normalized spacial score (nSPS) is 28.5. The number of amides is 2. The number of fused-ring (bicyclic) bond motifs is 1. The first-order chi connectivity index (χ1) is 10.2. The van der Waals surface area contributed by atoms with E-state index in [1.54, 1.807) is 0 Å². The van der Waals surface area contributed by atoms with E-state index < -0.39 is 0 Å². The number of hydrogen-bond acceptors (Lipinski definition) is 3. The van der Waals surface area contributed by atoms with Gasteiger partial charge < -0.3 is 16.0 Å². The summed E-state index contributed by atoms with van der Waals surface area (Å²) in [6.07, 6.45) is 8.52. The minimum absolute atomic E-state index is 0.0149. The highest BCUT2D eigenvalue weighted by molar-refractivity contribution is 5.83. The molecule has 2 amide bonds. The van der Waals surface area contributed by atoms with Gasteiger partial charge in [0.2, 0.25) is 11.8 Å². The maximum absolute atomic E-state index is 12.2. The van der Waals surface area contributed by atoms with Crippen molar-refractivity contribution in [3.8, 4) is 0 Å². The van der Waals surface area contributed by atoms with Crippen LogP contribution >= 0.6 is 0 Å². The molecule has 21 heavy (non-hydrogen) atoms. The number of piperidine rings is 1. The number of carbonyl (C=O) groups excluding carboxylic acids is 2. The van der Waals surface area contributed by atoms with Crippen LogP contribution < -0.4 is 16.0 Å². The van der Waals surface area contributed by atoms with Crippen LogP contribution in [0.2, 0.25) is 0 Å². The Bertz CT molecular complexity index is 359. The topological polar surface area (TPSA) is 70.2 Å². The lowest BCUT2D eigenvalue weighted by Crippen LogP contribution is -2.55. The Morgan fingerprint density at radius 3 is 2.67 bits per heavy atom. The second-order valence-corrected chi connectivity index (χ2v) is 6.34. The third-order valence-electron chi connectivity index (χ3n) is 4.69. The molecular formula is C16H29N3O2. The van der Waals surface area contributed by atoms with Gasteiger partial charge in [0.05, 0.1) is 6.04 Å². The maximum Gasteiger partial charge on any atom is 0.237 e. The van der Waals surface area contributed by atoms with Crippen molar-refractivity contribution in [3.05, 3.63) is 0 Å². The smallest absolute Gasteiger partial charge is 0.237 e. The summed E-state index contributed by atoms with van der Waals surface area (Å²) in [7, 11) is 0. The van der Waals surface area contributed by atoms with Gasteiger partial charge in [-0.25, -0.2) is 0 Å². The molecule has 120 valence electrons. The van der Waals surface area contributed by atoms with Crippen molar-refractivity contribution in [1.82, 2.24) is 16.0 Å². The van der Waals surface area contributed by atoms with Gasteiger partial charge in [-0.15, -0.1) is 0 Å². The van der Waals surface area contributed by atoms with Crippen LogP contribution in [-0.2, 0) is 9.59 Å². The van der Waals surface area contributed by atoms with Crippen LogP contribution in [0.4, 0.5) is 0 Å². The van der Waals surface area contributed by atoms with Gasteiger partial charge in [-0.1, -0.05) is 19.8 Å². The highest BCUT2D eigenvalue weighted by Gasteiger charge is 2.34. The second-order valence-electron chi connectivity index (χ2n) is 6.34. The van der Waals surface area contributed by atoms with E-state index in [1.807, 2.05) is 6.92 Å². The predicted molar refractivity (Wildman–Crippen MR) is 82.8 cm³/mol. The standard InChI is InChI=1S/C16H29N3O2/c1-2-10-17-15(20)9-11-18-16(21)14-8-7-12-5-3-4-6-13(12)19-14/h12-14,19H,2-11H2,1H3,(H,17,20)(H,18,21). The van der Waals surface area contributed by atoms with Crippen molar-refractivity contribution in [2.75, 3.05) is 13.1 Å². The first-order valence-electron chi connectivity index (χ1n) is 8.51. The van der Waals surface area contributed by atoms with Gasteiger partial charge in [-0.2, -0.15) is 0 Å². The summed E-state index contributed by atoms with van der Waals surface area (Å²) in [5.41, 5.74) is 0. The fourth-order valence-corrected chi connectivity index (χ4v) is 3.48. The number of rotatable bonds is 6. The molecule has 0 spiro atoms. The Kier molecular flexibility index (Phi) is 6.49. The molecule has 0 radical (unpaired) electrons. The van der Waals surface area contributed by atoms with Gasteiger partial charge in [-0.05, 0) is 38.0 Å². The molecule has 2 aliphatic rings. The lowest BCUT2D eigenvalue weighted by atomic mass is 9.77. The Balaban J connectivity index is 1.65. The first kappa shape index (κ1) is 16.3. The maximum atomic E-state index is 12.2. The monoisotopic (exact) mass is 295 g/mol. The quantitative estimate of drug-likeness (QED) is 0.692. The fraction of sp³-hybridized carbons (Fsp3) is 0.875. The van der Waals surface area contributed by atoms with Crippen LogP contribution in [0.5, 0.6) is 0 Å². The molecule has 3 atom stereocenters. The summed E-state index contributed by atoms with van der Waals surface area (Å²) in [5, 5.41) is 9.22. The minimum Gasteiger partial charge on any atom is -0.356 e. The summed E-state index contributed by atoms with van der Waals surface area (Å²) in [5.74, 6) is 0.839. The fourth-order valence-electron chi connectivity index (χ4n) is 3.48. The summed E-state index contributed by atoms with van der Waals surface area (Å²) < 4.78 is 0. The zero-order valence-corrected chi connectivity index (χ0v) is 13.1. The third-order valence-corrected chi connectivity index (χ3v) is 4.69. The first-order valence-corrected chi connectivity index (χ1v) is 8.51. The molecule has 1 aliphatic heterocycles. The average molecular weight is 295 g/mol. The van der Waals surface area contributed by atoms with Crippen LogP contribution in [-0.4, -0.2) is 37.0 Å². The molecule has 0 aromatic heterocycles. The molecule has 0 aromatic carbocycles. The van der Waals surface area contributed by atoms with Crippen LogP contribution in [0.15, 0.2) is 0 Å². The number of hydrogen-bond donors (Lipinski definition) is 3. The van der Waals surface area contributed by atoms with Crippen LogP contribution in [0.1, 0.15) is 58.3 Å². The van der Waals surface area contributed by atoms with E-state index in [0.29, 0.717) is 25.6 Å². The van der Waals surface area contributed by atoms with Crippen molar-refractivity contribution in [2.45, 2.75) is 70.4 Å². The summed E-state index contributed by atoms with van der Waals surface area (Å²) in [4.78, 5) is 23.6. The van der Waals surface area contributed by atoms with E-state index in [0.717, 1.165) is 25.2 Å². The summed E-state index contributed by atoms with van der Waals surface area (Å²) in [6.45, 7) is 3.16. The molecule has 2 rings (SSSR count). The Morgan fingerprint density at radius 1 is 1.05 bits per heavy atom. The molecular weight excluding hydrogens is 266 g/mol. The van der Waals surface area contributed by atoms with Crippen molar-refractivity contribution < 1.29 is 9.59 Å². The van der Waals surface area contributed by atoms with E-state index >= 15 is 0 Å². The molecule has 1 heterocycles. The Morgan fingerprint density at radius 2 is 1.86 bits per heavy atom. The van der Waals surface area contributed by atoms with Crippen molar-refractivity contribution in [3.63, 3.8) is 0 Å². The molecule has 1 aliphatic carbocycles. The van der Waals surface area contributed by atoms with Crippen LogP contribution in [0.25, 0.3) is 0 Å². The minimum atomic E-state index is -0.0666. The van der Waals surface area contributed by atoms with E-state index in [2.05, 4.69) is 16.0 Å². The second kappa shape index (κ2) is 8.37. The molecule has 3 N–H and O–H groups in total. The largest absolute Gasteiger partial charge is 0.356 e. The zero-order valence-electron chi connectivity index (χ0n) is 13.1. The van der Waals surface area contributed by atoms with Crippen molar-refractivity contribution in [2.24, 2.45) is 5.92 Å². The molecule has 1 saturated heterocycles. The third kappa shape index (κ3) is 4.99. The molecule has 2 fully saturated rings. The lowest BCUT2D eigenvalue weighted by Gasteiger charge is -2.39. The molecule has 1 saturated carbocycles. The van der Waals surface area contributed by atoms with Gasteiger partial charge in [0, 0.05) is 25.6 Å². The number of carbonyl (C=O) groups is 2. The van der Waals surface area contributed by atoms with Gasteiger partial charge in [0.1, 0.15) is 0 Å². The van der Waals surface area contributed by atoms with Gasteiger partial charge in [-0.3, -0.25) is 9.59 Å². The van der Waals surface area contributed by atoms with Crippen LogP contribution in [0, 0.1) is 5.92 Å². The summed E-state index contributed by atoms with van der Waals surface area (Å²) in [6, 6.07) is 0.458. The number of nitrogens with one attached hydrogen (secondary N) is 3. The van der Waals surface area contributed by atoms with E-state index in [9.17, 15) is 9.59 Å². The van der Waals surface area contributed by atoms with Crippen LogP contribution in [0.3, 0.4) is 0 Å². The van der Waals surface area contributed by atoms with Gasteiger partial charge >= 0.3 is 0 Å². The summed E-state index contributed by atoms with van der Waals surface area (Å²) >= 11 is 0. The molecule has 3 unspecified atom stereocenters. The Labute approximate surface area is 127 Å². The van der Waals surface area contributed by atoms with E-state index in [-0.39, 0.29) is 17.9 Å². The Hall–Kier alpha value is -1.10. The van der Waals surface area contributed by atoms with Crippen molar-refractivity contribution in [1.29, 1.82) is 0 Å². The van der Waals surface area contributed by atoms with Crippen molar-refractivity contribution >= 4 is 11.8 Å². The molecule has 0 aromatic rings. The van der Waals surface area contributed by atoms with E-state index in [1.165, 1.54) is 25.7 Å². The zero-order chi connectivity index (χ0) is 15.1. The highest BCUT2D eigenvalue weighted by atomic mass is 16.2.